The predicted molar refractivity (Wildman–Crippen MR) is 88.5 cm³/mol. The maximum Gasteiger partial charge on any atom is 0.241 e. The minimum atomic E-state index is -0.421. The lowest BCUT2D eigenvalue weighted by molar-refractivity contribution is -0.120. The average molecular weight is 330 g/mol. The second kappa shape index (κ2) is 6.88. The fraction of sp³-hybridized carbons (Fsp3) is 0.278. The third kappa shape index (κ3) is 3.49. The number of amides is 1. The van der Waals surface area contributed by atoms with Gasteiger partial charge in [0.2, 0.25) is 12.7 Å². The number of nitrogens with one attached hydrogen (secondary N) is 1. The molecule has 6 heteroatoms. The lowest BCUT2D eigenvalue weighted by Crippen LogP contribution is -2.39. The van der Waals surface area contributed by atoms with Crippen molar-refractivity contribution in [1.82, 2.24) is 4.90 Å². The Hall–Kier alpha value is -2.60. The highest BCUT2D eigenvalue weighted by Crippen LogP contribution is 2.34. The number of anilines is 1. The molecule has 126 valence electrons. The molecule has 3 rings (SSSR count). The number of halogens is 1. The summed E-state index contributed by atoms with van der Waals surface area (Å²) in [7, 11) is 1.79. The number of nitrogens with zero attached hydrogens (tertiary/aromatic N) is 1. The summed E-state index contributed by atoms with van der Waals surface area (Å²) >= 11 is 0. The Bertz CT molecular complexity index is 751. The number of hydrogen-bond acceptors (Lipinski definition) is 4. The quantitative estimate of drug-likeness (QED) is 0.916. The molecule has 1 N–H and O–H groups in total. The standard InChI is InChI=1S/C18H19FN2O3/c1-12(21(2)10-13-5-3-4-6-15(13)19)18(22)20-14-7-8-16-17(9-14)24-11-23-16/h3-9,12H,10-11H2,1-2H3,(H,20,22). The first-order chi connectivity index (χ1) is 11.5. The van der Waals surface area contributed by atoms with Crippen molar-refractivity contribution in [2.24, 2.45) is 0 Å². The van der Waals surface area contributed by atoms with Crippen LogP contribution in [-0.4, -0.2) is 30.7 Å². The minimum Gasteiger partial charge on any atom is -0.454 e. The molecule has 1 heterocycles. The molecule has 5 nitrogen and oxygen atoms in total. The summed E-state index contributed by atoms with van der Waals surface area (Å²) in [6.07, 6.45) is 0. The number of benzene rings is 2. The van der Waals surface area contributed by atoms with Gasteiger partial charge in [-0.25, -0.2) is 4.39 Å². The maximum atomic E-state index is 13.7. The number of likely N-dealkylation sites (N-methyl/N-ethyl adjacent to an activating group) is 1. The summed E-state index contributed by atoms with van der Waals surface area (Å²) in [5.41, 5.74) is 1.19. The molecule has 1 atom stereocenters. The zero-order chi connectivity index (χ0) is 17.1. The highest BCUT2D eigenvalue weighted by molar-refractivity contribution is 5.94. The lowest BCUT2D eigenvalue weighted by atomic mass is 10.1. The molecule has 0 fully saturated rings. The predicted octanol–water partition coefficient (Wildman–Crippen LogP) is 3.01. The molecule has 0 saturated heterocycles. The summed E-state index contributed by atoms with van der Waals surface area (Å²) in [6, 6.07) is 11.4. The first-order valence-electron chi connectivity index (χ1n) is 7.69. The number of ether oxygens (including phenoxy) is 2. The SMILES string of the molecule is CC(C(=O)Nc1ccc2c(c1)OCO2)N(C)Cc1ccccc1F. The van der Waals surface area contributed by atoms with Crippen molar-refractivity contribution in [3.63, 3.8) is 0 Å². The number of carbonyl (C=O) groups is 1. The van der Waals surface area contributed by atoms with Crippen molar-refractivity contribution in [3.05, 3.63) is 53.8 Å². The molecule has 0 aliphatic carbocycles. The Morgan fingerprint density at radius 2 is 2.00 bits per heavy atom. The van der Waals surface area contributed by atoms with E-state index in [4.69, 9.17) is 9.47 Å². The van der Waals surface area contributed by atoms with Crippen molar-refractivity contribution in [2.75, 3.05) is 19.2 Å². The molecule has 2 aromatic carbocycles. The zero-order valence-corrected chi connectivity index (χ0v) is 13.6. The van der Waals surface area contributed by atoms with Crippen molar-refractivity contribution in [2.45, 2.75) is 19.5 Å². The normalized spacial score (nSPS) is 13.8. The van der Waals surface area contributed by atoms with Gasteiger partial charge in [-0.05, 0) is 32.2 Å². The first-order valence-corrected chi connectivity index (χ1v) is 7.69. The summed E-state index contributed by atoms with van der Waals surface area (Å²) in [5, 5.41) is 2.84. The van der Waals surface area contributed by atoms with Crippen LogP contribution in [0.5, 0.6) is 11.5 Å². The van der Waals surface area contributed by atoms with Crippen LogP contribution in [0.4, 0.5) is 10.1 Å². The molecule has 1 unspecified atom stereocenters. The smallest absolute Gasteiger partial charge is 0.241 e. The number of hydrogen-bond donors (Lipinski definition) is 1. The van der Waals surface area contributed by atoms with Crippen LogP contribution in [0, 0.1) is 5.82 Å². The van der Waals surface area contributed by atoms with Gasteiger partial charge in [0.25, 0.3) is 0 Å². The lowest BCUT2D eigenvalue weighted by Gasteiger charge is -2.24. The number of rotatable bonds is 5. The molecule has 2 aromatic rings. The van der Waals surface area contributed by atoms with Gasteiger partial charge >= 0.3 is 0 Å². The van der Waals surface area contributed by atoms with Gasteiger partial charge in [0.05, 0.1) is 6.04 Å². The van der Waals surface area contributed by atoms with Crippen LogP contribution in [0.25, 0.3) is 0 Å². The van der Waals surface area contributed by atoms with Crippen LogP contribution in [0.1, 0.15) is 12.5 Å². The molecular weight excluding hydrogens is 311 g/mol. The second-order valence-corrected chi connectivity index (χ2v) is 5.74. The van der Waals surface area contributed by atoms with Crippen LogP contribution in [-0.2, 0) is 11.3 Å². The molecular formula is C18H19FN2O3. The molecule has 1 aliphatic rings. The van der Waals surface area contributed by atoms with Crippen molar-refractivity contribution < 1.29 is 18.7 Å². The Morgan fingerprint density at radius 3 is 2.79 bits per heavy atom. The third-order valence-corrected chi connectivity index (χ3v) is 4.06. The van der Waals surface area contributed by atoms with E-state index in [0.29, 0.717) is 29.3 Å². The minimum absolute atomic E-state index is 0.173. The molecule has 1 aliphatic heterocycles. The monoisotopic (exact) mass is 330 g/mol. The van der Waals surface area contributed by atoms with Crippen LogP contribution in [0.15, 0.2) is 42.5 Å². The highest BCUT2D eigenvalue weighted by Gasteiger charge is 2.20. The van der Waals surface area contributed by atoms with Gasteiger partial charge in [-0.2, -0.15) is 0 Å². The number of carbonyl (C=O) groups excluding carboxylic acids is 1. The molecule has 24 heavy (non-hydrogen) atoms. The van der Waals surface area contributed by atoms with Crippen LogP contribution in [0.3, 0.4) is 0 Å². The summed E-state index contributed by atoms with van der Waals surface area (Å²) in [5.74, 6) is 0.832. The first kappa shape index (κ1) is 16.3. The molecule has 0 saturated carbocycles. The van der Waals surface area contributed by atoms with Crippen LogP contribution in [0.2, 0.25) is 0 Å². The average Bonchev–Trinajstić information content (AvgIpc) is 3.03. The Labute approximate surface area is 140 Å². The van der Waals surface area contributed by atoms with Gasteiger partial charge in [0.15, 0.2) is 11.5 Å². The molecule has 0 bridgehead atoms. The highest BCUT2D eigenvalue weighted by atomic mass is 19.1. The molecule has 0 radical (unpaired) electrons. The Kier molecular flexibility index (Phi) is 4.66. The topological polar surface area (TPSA) is 50.8 Å². The third-order valence-electron chi connectivity index (χ3n) is 4.06. The van der Waals surface area contributed by atoms with Crippen LogP contribution >= 0.6 is 0 Å². The molecule has 0 spiro atoms. The molecule has 0 aromatic heterocycles. The van der Waals surface area contributed by atoms with Gasteiger partial charge < -0.3 is 14.8 Å². The maximum absolute atomic E-state index is 13.7. The van der Waals surface area contributed by atoms with E-state index in [0.717, 1.165) is 0 Å². The van der Waals surface area contributed by atoms with Gasteiger partial charge in [-0.1, -0.05) is 18.2 Å². The van der Waals surface area contributed by atoms with E-state index < -0.39 is 6.04 Å². The summed E-state index contributed by atoms with van der Waals surface area (Å²) in [4.78, 5) is 14.2. The summed E-state index contributed by atoms with van der Waals surface area (Å²) in [6.45, 7) is 2.32. The Balaban J connectivity index is 1.63. The van der Waals surface area contributed by atoms with Gasteiger partial charge in [-0.15, -0.1) is 0 Å². The largest absolute Gasteiger partial charge is 0.454 e. The molecule has 1 amide bonds. The van der Waals surface area contributed by atoms with E-state index in [1.165, 1.54) is 6.07 Å². The van der Waals surface area contributed by atoms with E-state index in [2.05, 4.69) is 5.32 Å². The van der Waals surface area contributed by atoms with Gasteiger partial charge in [0, 0.05) is 23.9 Å². The van der Waals surface area contributed by atoms with E-state index >= 15 is 0 Å². The zero-order valence-electron chi connectivity index (χ0n) is 13.6. The fourth-order valence-electron chi connectivity index (χ4n) is 2.45. The van der Waals surface area contributed by atoms with E-state index in [9.17, 15) is 9.18 Å². The summed E-state index contributed by atoms with van der Waals surface area (Å²) < 4.78 is 24.3. The van der Waals surface area contributed by atoms with Gasteiger partial charge in [-0.3, -0.25) is 9.69 Å². The van der Waals surface area contributed by atoms with Crippen molar-refractivity contribution in [3.8, 4) is 11.5 Å². The van der Waals surface area contributed by atoms with Crippen LogP contribution < -0.4 is 14.8 Å². The van der Waals surface area contributed by atoms with E-state index in [1.807, 2.05) is 0 Å². The van der Waals surface area contributed by atoms with Gasteiger partial charge in [0.1, 0.15) is 5.82 Å². The number of fused-ring (bicyclic) bond motifs is 1. The van der Waals surface area contributed by atoms with Crippen molar-refractivity contribution in [1.29, 1.82) is 0 Å². The Morgan fingerprint density at radius 1 is 1.25 bits per heavy atom. The second-order valence-electron chi connectivity index (χ2n) is 5.74. The fourth-order valence-corrected chi connectivity index (χ4v) is 2.45. The van der Waals surface area contributed by atoms with E-state index in [-0.39, 0.29) is 18.5 Å². The van der Waals surface area contributed by atoms with E-state index in [1.54, 1.807) is 55.3 Å². The van der Waals surface area contributed by atoms with Crippen molar-refractivity contribution >= 4 is 11.6 Å².